The van der Waals surface area contributed by atoms with Crippen LogP contribution in [0.1, 0.15) is 67.5 Å². The predicted octanol–water partition coefficient (Wildman–Crippen LogP) is 1.79. The zero-order chi connectivity index (χ0) is 18.5. The van der Waals surface area contributed by atoms with Crippen molar-refractivity contribution in [3.63, 3.8) is 0 Å². The second kappa shape index (κ2) is 8.49. The Morgan fingerprint density at radius 3 is 2.77 bits per heavy atom. The number of unbranched alkanes of at least 4 members (excludes halogenated alkanes) is 1. The van der Waals surface area contributed by atoms with Crippen molar-refractivity contribution < 1.29 is 18.8 Å². The molecule has 142 valence electrons. The Bertz CT molecular complexity index is 661. The number of amides is 3. The van der Waals surface area contributed by atoms with Gasteiger partial charge in [-0.1, -0.05) is 13.3 Å². The van der Waals surface area contributed by atoms with Gasteiger partial charge in [-0.25, -0.2) is 0 Å². The number of likely N-dealkylation sites (tertiary alicyclic amines) is 1. The molecule has 0 spiro atoms. The van der Waals surface area contributed by atoms with Crippen LogP contribution in [0.5, 0.6) is 0 Å². The lowest BCUT2D eigenvalue weighted by Gasteiger charge is -2.31. The van der Waals surface area contributed by atoms with E-state index in [1.54, 1.807) is 12.3 Å². The SMILES string of the molecule is CCCCN1CCC(c2coc(C(=O)NC3CCC(=O)NC3=O)c2)CC1. The summed E-state index contributed by atoms with van der Waals surface area (Å²) in [5, 5.41) is 4.88. The number of hydrogen-bond acceptors (Lipinski definition) is 5. The van der Waals surface area contributed by atoms with Crippen LogP contribution in [0.2, 0.25) is 0 Å². The highest BCUT2D eigenvalue weighted by Gasteiger charge is 2.29. The van der Waals surface area contributed by atoms with E-state index in [4.69, 9.17) is 4.42 Å². The van der Waals surface area contributed by atoms with Crippen LogP contribution in [-0.4, -0.2) is 48.3 Å². The molecule has 0 radical (unpaired) electrons. The molecule has 3 rings (SSSR count). The van der Waals surface area contributed by atoms with E-state index in [9.17, 15) is 14.4 Å². The smallest absolute Gasteiger partial charge is 0.287 e. The molecule has 1 unspecified atom stereocenters. The third kappa shape index (κ3) is 4.52. The monoisotopic (exact) mass is 361 g/mol. The predicted molar refractivity (Wildman–Crippen MR) is 95.7 cm³/mol. The maximum absolute atomic E-state index is 12.3. The molecule has 3 amide bonds. The first-order chi connectivity index (χ1) is 12.6. The fourth-order valence-electron chi connectivity index (χ4n) is 3.62. The molecule has 0 saturated carbocycles. The number of piperidine rings is 2. The molecule has 26 heavy (non-hydrogen) atoms. The molecule has 2 saturated heterocycles. The lowest BCUT2D eigenvalue weighted by atomic mass is 9.91. The lowest BCUT2D eigenvalue weighted by molar-refractivity contribution is -0.134. The van der Waals surface area contributed by atoms with Crippen molar-refractivity contribution in [3.05, 3.63) is 23.7 Å². The van der Waals surface area contributed by atoms with Crippen molar-refractivity contribution in [2.24, 2.45) is 0 Å². The van der Waals surface area contributed by atoms with Gasteiger partial charge in [0.2, 0.25) is 11.8 Å². The first-order valence-electron chi connectivity index (χ1n) is 9.52. The highest BCUT2D eigenvalue weighted by Crippen LogP contribution is 2.29. The van der Waals surface area contributed by atoms with Gasteiger partial charge in [-0.3, -0.25) is 19.7 Å². The van der Waals surface area contributed by atoms with Gasteiger partial charge in [0.05, 0.1) is 6.26 Å². The van der Waals surface area contributed by atoms with Crippen LogP contribution >= 0.6 is 0 Å². The van der Waals surface area contributed by atoms with Crippen molar-refractivity contribution in [1.29, 1.82) is 0 Å². The van der Waals surface area contributed by atoms with Crippen LogP contribution in [-0.2, 0) is 9.59 Å². The van der Waals surface area contributed by atoms with Gasteiger partial charge >= 0.3 is 0 Å². The number of nitrogens with zero attached hydrogens (tertiary/aromatic N) is 1. The fraction of sp³-hybridized carbons (Fsp3) is 0.632. The Morgan fingerprint density at radius 1 is 1.31 bits per heavy atom. The Hall–Kier alpha value is -2.15. The average molecular weight is 361 g/mol. The van der Waals surface area contributed by atoms with E-state index < -0.39 is 17.9 Å². The summed E-state index contributed by atoms with van der Waals surface area (Å²) in [6, 6.07) is 1.10. The Balaban J connectivity index is 1.52. The summed E-state index contributed by atoms with van der Waals surface area (Å²) in [7, 11) is 0. The minimum atomic E-state index is -0.685. The van der Waals surface area contributed by atoms with Crippen LogP contribution in [0, 0.1) is 0 Å². The van der Waals surface area contributed by atoms with Gasteiger partial charge in [0.15, 0.2) is 5.76 Å². The molecule has 0 bridgehead atoms. The second-order valence-corrected chi connectivity index (χ2v) is 7.19. The van der Waals surface area contributed by atoms with Gasteiger partial charge in [0.25, 0.3) is 5.91 Å². The Labute approximate surface area is 153 Å². The number of carbonyl (C=O) groups excluding carboxylic acids is 3. The first kappa shape index (κ1) is 18.6. The fourth-order valence-corrected chi connectivity index (χ4v) is 3.62. The number of imide groups is 1. The van der Waals surface area contributed by atoms with Crippen molar-refractivity contribution in [3.8, 4) is 0 Å². The van der Waals surface area contributed by atoms with Crippen molar-refractivity contribution in [2.75, 3.05) is 19.6 Å². The molecule has 7 nitrogen and oxygen atoms in total. The summed E-state index contributed by atoms with van der Waals surface area (Å²) < 4.78 is 5.45. The van der Waals surface area contributed by atoms with Gasteiger partial charge in [-0.2, -0.15) is 0 Å². The van der Waals surface area contributed by atoms with Gasteiger partial charge < -0.3 is 14.6 Å². The highest BCUT2D eigenvalue weighted by molar-refractivity contribution is 6.03. The van der Waals surface area contributed by atoms with E-state index in [0.717, 1.165) is 38.0 Å². The van der Waals surface area contributed by atoms with Crippen LogP contribution in [0.15, 0.2) is 16.7 Å². The van der Waals surface area contributed by atoms with E-state index in [0.29, 0.717) is 12.3 Å². The Morgan fingerprint density at radius 2 is 2.08 bits per heavy atom. The van der Waals surface area contributed by atoms with Crippen LogP contribution in [0.4, 0.5) is 0 Å². The van der Waals surface area contributed by atoms with E-state index >= 15 is 0 Å². The average Bonchev–Trinajstić information content (AvgIpc) is 3.13. The zero-order valence-corrected chi connectivity index (χ0v) is 15.3. The minimum Gasteiger partial charge on any atom is -0.459 e. The summed E-state index contributed by atoms with van der Waals surface area (Å²) in [5.41, 5.74) is 1.05. The van der Waals surface area contributed by atoms with Crippen molar-refractivity contribution in [2.45, 2.75) is 57.4 Å². The largest absolute Gasteiger partial charge is 0.459 e. The lowest BCUT2D eigenvalue weighted by Crippen LogP contribution is -2.52. The molecule has 7 heteroatoms. The quantitative estimate of drug-likeness (QED) is 0.754. The third-order valence-electron chi connectivity index (χ3n) is 5.27. The van der Waals surface area contributed by atoms with Gasteiger partial charge in [-0.15, -0.1) is 0 Å². The first-order valence-corrected chi connectivity index (χ1v) is 9.52. The van der Waals surface area contributed by atoms with E-state index in [2.05, 4.69) is 22.5 Å². The molecule has 1 aromatic rings. The van der Waals surface area contributed by atoms with Gasteiger partial charge in [-0.05, 0) is 62.9 Å². The highest BCUT2D eigenvalue weighted by atomic mass is 16.3. The van der Waals surface area contributed by atoms with E-state index in [1.165, 1.54) is 12.8 Å². The van der Waals surface area contributed by atoms with Crippen LogP contribution in [0.3, 0.4) is 0 Å². The molecular weight excluding hydrogens is 334 g/mol. The normalized spacial score (nSPS) is 22.3. The molecular formula is C19H27N3O4. The molecule has 2 fully saturated rings. The number of nitrogens with one attached hydrogen (secondary N) is 2. The molecule has 1 atom stereocenters. The molecule has 0 aliphatic carbocycles. The molecule has 2 N–H and O–H groups in total. The van der Waals surface area contributed by atoms with Crippen molar-refractivity contribution >= 4 is 17.7 Å². The van der Waals surface area contributed by atoms with Gasteiger partial charge in [0.1, 0.15) is 6.04 Å². The summed E-state index contributed by atoms with van der Waals surface area (Å²) in [6.07, 6.45) is 6.80. The second-order valence-electron chi connectivity index (χ2n) is 7.19. The molecule has 3 heterocycles. The van der Waals surface area contributed by atoms with Crippen molar-refractivity contribution in [1.82, 2.24) is 15.5 Å². The summed E-state index contributed by atoms with van der Waals surface area (Å²) >= 11 is 0. The molecule has 2 aliphatic rings. The number of furan rings is 1. The number of carbonyl (C=O) groups is 3. The molecule has 2 aliphatic heterocycles. The minimum absolute atomic E-state index is 0.220. The summed E-state index contributed by atoms with van der Waals surface area (Å²) in [6.45, 7) is 5.52. The summed E-state index contributed by atoms with van der Waals surface area (Å²) in [5.74, 6) is -0.537. The Kier molecular flexibility index (Phi) is 6.08. The van der Waals surface area contributed by atoms with Gasteiger partial charge in [0, 0.05) is 6.42 Å². The summed E-state index contributed by atoms with van der Waals surface area (Å²) in [4.78, 5) is 37.7. The molecule has 0 aromatic carbocycles. The van der Waals surface area contributed by atoms with Crippen LogP contribution in [0.25, 0.3) is 0 Å². The van der Waals surface area contributed by atoms with Crippen LogP contribution < -0.4 is 10.6 Å². The molecule has 1 aromatic heterocycles. The number of rotatable bonds is 6. The van der Waals surface area contributed by atoms with E-state index in [1.807, 2.05) is 0 Å². The standard InChI is InChI=1S/C19H27N3O4/c1-2-3-8-22-9-6-13(7-10-22)14-11-16(26-12-14)19(25)20-15-4-5-17(23)21-18(15)24/h11-13,15H,2-10H2,1H3,(H,20,25)(H,21,23,24). The maximum atomic E-state index is 12.3. The third-order valence-corrected chi connectivity index (χ3v) is 5.27. The van der Waals surface area contributed by atoms with E-state index in [-0.39, 0.29) is 18.1 Å². The zero-order valence-electron chi connectivity index (χ0n) is 15.3. The maximum Gasteiger partial charge on any atom is 0.287 e. The number of hydrogen-bond donors (Lipinski definition) is 2. The topological polar surface area (TPSA) is 91.7 Å².